The van der Waals surface area contributed by atoms with Gasteiger partial charge in [-0.3, -0.25) is 4.79 Å². The van der Waals surface area contributed by atoms with E-state index in [-0.39, 0.29) is 6.04 Å². The fraction of sp³-hybridized carbons (Fsp3) is 0.455. The number of rotatable bonds is 3. The van der Waals surface area contributed by atoms with Crippen molar-refractivity contribution in [3.05, 3.63) is 23.9 Å². The van der Waals surface area contributed by atoms with Gasteiger partial charge in [-0.1, -0.05) is 0 Å². The SMILES string of the molecule is NC(=O)c1cccnc1N[C@@H]1CCCOC1. The van der Waals surface area contributed by atoms with Gasteiger partial charge in [-0.2, -0.15) is 0 Å². The molecule has 0 spiro atoms. The van der Waals surface area contributed by atoms with E-state index in [1.165, 1.54) is 0 Å². The summed E-state index contributed by atoms with van der Waals surface area (Å²) in [6.07, 6.45) is 3.68. The molecule has 1 aromatic heterocycles. The van der Waals surface area contributed by atoms with Crippen molar-refractivity contribution in [2.75, 3.05) is 18.5 Å². The Kier molecular flexibility index (Phi) is 3.36. The Morgan fingerprint density at radius 1 is 1.62 bits per heavy atom. The Morgan fingerprint density at radius 2 is 2.50 bits per heavy atom. The Labute approximate surface area is 94.0 Å². The summed E-state index contributed by atoms with van der Waals surface area (Å²) >= 11 is 0. The van der Waals surface area contributed by atoms with Crippen molar-refractivity contribution in [1.82, 2.24) is 4.98 Å². The molecule has 0 aromatic carbocycles. The standard InChI is InChI=1S/C11H15N3O2/c12-10(15)9-4-1-5-13-11(9)14-8-3-2-6-16-7-8/h1,4-5,8H,2-3,6-7H2,(H2,12,15)(H,13,14)/t8-/m1/s1. The lowest BCUT2D eigenvalue weighted by molar-refractivity contribution is 0.0873. The third kappa shape index (κ3) is 2.49. The van der Waals surface area contributed by atoms with Gasteiger partial charge in [0.1, 0.15) is 5.82 Å². The lowest BCUT2D eigenvalue weighted by Crippen LogP contribution is -2.31. The topological polar surface area (TPSA) is 77.2 Å². The molecule has 5 heteroatoms. The number of anilines is 1. The smallest absolute Gasteiger partial charge is 0.252 e. The molecule has 2 rings (SSSR count). The zero-order valence-corrected chi connectivity index (χ0v) is 8.98. The molecule has 1 aromatic rings. The highest BCUT2D eigenvalue weighted by atomic mass is 16.5. The van der Waals surface area contributed by atoms with Crippen LogP contribution in [-0.2, 0) is 4.74 Å². The predicted molar refractivity (Wildman–Crippen MR) is 60.2 cm³/mol. The number of amides is 1. The summed E-state index contributed by atoms with van der Waals surface area (Å²) in [4.78, 5) is 15.3. The Bertz CT molecular complexity index is 375. The first-order valence-corrected chi connectivity index (χ1v) is 5.36. The summed E-state index contributed by atoms with van der Waals surface area (Å²) in [5, 5.41) is 3.19. The average Bonchev–Trinajstić information content (AvgIpc) is 2.31. The lowest BCUT2D eigenvalue weighted by atomic mass is 10.1. The van der Waals surface area contributed by atoms with E-state index in [9.17, 15) is 4.79 Å². The molecule has 3 N–H and O–H groups in total. The maximum Gasteiger partial charge on any atom is 0.252 e. The number of hydrogen-bond acceptors (Lipinski definition) is 4. The van der Waals surface area contributed by atoms with Gasteiger partial charge >= 0.3 is 0 Å². The van der Waals surface area contributed by atoms with Crippen molar-refractivity contribution < 1.29 is 9.53 Å². The molecule has 0 aliphatic carbocycles. The molecule has 0 radical (unpaired) electrons. The quantitative estimate of drug-likeness (QED) is 0.790. The van der Waals surface area contributed by atoms with Gasteiger partial charge in [0.2, 0.25) is 0 Å². The van der Waals surface area contributed by atoms with E-state index in [0.717, 1.165) is 19.4 Å². The first kappa shape index (κ1) is 10.9. The van der Waals surface area contributed by atoms with Crippen LogP contribution in [0.3, 0.4) is 0 Å². The van der Waals surface area contributed by atoms with Crippen LogP contribution in [0.4, 0.5) is 5.82 Å². The van der Waals surface area contributed by atoms with Gasteiger partial charge in [0.25, 0.3) is 5.91 Å². The normalized spacial score (nSPS) is 20.4. The second-order valence-electron chi connectivity index (χ2n) is 3.82. The molecular formula is C11H15N3O2. The first-order valence-electron chi connectivity index (χ1n) is 5.36. The second kappa shape index (κ2) is 4.94. The van der Waals surface area contributed by atoms with Crippen LogP contribution in [0.5, 0.6) is 0 Å². The molecule has 2 heterocycles. The molecule has 0 unspecified atom stereocenters. The molecule has 1 saturated heterocycles. The zero-order valence-electron chi connectivity index (χ0n) is 8.98. The van der Waals surface area contributed by atoms with Gasteiger partial charge in [-0.25, -0.2) is 4.98 Å². The molecule has 1 atom stereocenters. The van der Waals surface area contributed by atoms with E-state index >= 15 is 0 Å². The summed E-state index contributed by atoms with van der Waals surface area (Å²) in [5.74, 6) is 0.0813. The second-order valence-corrected chi connectivity index (χ2v) is 3.82. The van der Waals surface area contributed by atoms with Crippen LogP contribution in [-0.4, -0.2) is 30.1 Å². The predicted octanol–water partition coefficient (Wildman–Crippen LogP) is 0.771. The number of carbonyl (C=O) groups is 1. The molecule has 0 saturated carbocycles. The summed E-state index contributed by atoms with van der Waals surface area (Å²) in [5.41, 5.74) is 5.69. The maximum absolute atomic E-state index is 11.2. The van der Waals surface area contributed by atoms with E-state index in [1.54, 1.807) is 18.3 Å². The number of primary amides is 1. The average molecular weight is 221 g/mol. The van der Waals surface area contributed by atoms with Crippen LogP contribution in [0.25, 0.3) is 0 Å². The molecular weight excluding hydrogens is 206 g/mol. The molecule has 1 amide bonds. The van der Waals surface area contributed by atoms with Crippen LogP contribution in [0.1, 0.15) is 23.2 Å². The largest absolute Gasteiger partial charge is 0.379 e. The van der Waals surface area contributed by atoms with Gasteiger partial charge in [0.15, 0.2) is 0 Å². The summed E-state index contributed by atoms with van der Waals surface area (Å²) in [6, 6.07) is 3.58. The van der Waals surface area contributed by atoms with Gasteiger partial charge in [0, 0.05) is 12.8 Å². The molecule has 0 bridgehead atoms. The molecule has 1 aliphatic rings. The number of aromatic nitrogens is 1. The van der Waals surface area contributed by atoms with Crippen molar-refractivity contribution in [3.63, 3.8) is 0 Å². The van der Waals surface area contributed by atoms with Gasteiger partial charge in [-0.05, 0) is 25.0 Å². The molecule has 5 nitrogen and oxygen atoms in total. The van der Waals surface area contributed by atoms with Crippen molar-refractivity contribution in [2.24, 2.45) is 5.73 Å². The zero-order chi connectivity index (χ0) is 11.4. The van der Waals surface area contributed by atoms with E-state index in [0.29, 0.717) is 18.0 Å². The Balaban J connectivity index is 2.10. The number of carbonyl (C=O) groups excluding carboxylic acids is 1. The van der Waals surface area contributed by atoms with Crippen LogP contribution in [0.15, 0.2) is 18.3 Å². The minimum Gasteiger partial charge on any atom is -0.379 e. The highest BCUT2D eigenvalue weighted by Gasteiger charge is 2.16. The van der Waals surface area contributed by atoms with Crippen molar-refractivity contribution in [2.45, 2.75) is 18.9 Å². The monoisotopic (exact) mass is 221 g/mol. The fourth-order valence-corrected chi connectivity index (χ4v) is 1.77. The van der Waals surface area contributed by atoms with Crippen molar-refractivity contribution >= 4 is 11.7 Å². The van der Waals surface area contributed by atoms with Gasteiger partial charge in [-0.15, -0.1) is 0 Å². The van der Waals surface area contributed by atoms with Crippen molar-refractivity contribution in [1.29, 1.82) is 0 Å². The third-order valence-corrected chi connectivity index (χ3v) is 2.57. The highest BCUT2D eigenvalue weighted by Crippen LogP contribution is 2.15. The third-order valence-electron chi connectivity index (χ3n) is 2.57. The lowest BCUT2D eigenvalue weighted by Gasteiger charge is -2.24. The van der Waals surface area contributed by atoms with E-state index in [2.05, 4.69) is 10.3 Å². The number of nitrogens with two attached hydrogens (primary N) is 1. The van der Waals surface area contributed by atoms with E-state index in [1.807, 2.05) is 0 Å². The summed E-state index contributed by atoms with van der Waals surface area (Å²) in [6.45, 7) is 1.46. The van der Waals surface area contributed by atoms with Crippen LogP contribution < -0.4 is 11.1 Å². The highest BCUT2D eigenvalue weighted by molar-refractivity contribution is 5.97. The number of pyridine rings is 1. The van der Waals surface area contributed by atoms with Gasteiger partial charge < -0.3 is 15.8 Å². The minimum atomic E-state index is -0.465. The van der Waals surface area contributed by atoms with Crippen LogP contribution in [0.2, 0.25) is 0 Å². The minimum absolute atomic E-state index is 0.210. The molecule has 16 heavy (non-hydrogen) atoms. The molecule has 1 aliphatic heterocycles. The number of nitrogens with one attached hydrogen (secondary N) is 1. The molecule has 86 valence electrons. The van der Waals surface area contributed by atoms with Crippen LogP contribution in [0, 0.1) is 0 Å². The van der Waals surface area contributed by atoms with Crippen LogP contribution >= 0.6 is 0 Å². The number of nitrogens with zero attached hydrogens (tertiary/aromatic N) is 1. The summed E-state index contributed by atoms with van der Waals surface area (Å²) in [7, 11) is 0. The van der Waals surface area contributed by atoms with Crippen molar-refractivity contribution in [3.8, 4) is 0 Å². The van der Waals surface area contributed by atoms with E-state index in [4.69, 9.17) is 10.5 Å². The Morgan fingerprint density at radius 3 is 3.19 bits per heavy atom. The maximum atomic E-state index is 11.2. The fourth-order valence-electron chi connectivity index (χ4n) is 1.77. The Hall–Kier alpha value is -1.62. The molecule has 1 fully saturated rings. The first-order chi connectivity index (χ1) is 7.77. The number of ether oxygens (including phenoxy) is 1. The number of hydrogen-bond donors (Lipinski definition) is 2. The summed E-state index contributed by atoms with van der Waals surface area (Å²) < 4.78 is 5.35. The van der Waals surface area contributed by atoms with E-state index < -0.39 is 5.91 Å². The van der Waals surface area contributed by atoms with Gasteiger partial charge in [0.05, 0.1) is 18.2 Å².